The Morgan fingerprint density at radius 1 is 1.24 bits per heavy atom. The van der Waals surface area contributed by atoms with Crippen molar-refractivity contribution in [3.63, 3.8) is 0 Å². The molecule has 2 aromatic heterocycles. The average molecular weight is 473 g/mol. The highest BCUT2D eigenvalue weighted by atomic mass is 19.4. The van der Waals surface area contributed by atoms with Crippen LogP contribution in [0.3, 0.4) is 0 Å². The molecule has 0 saturated heterocycles. The molecule has 1 aliphatic carbocycles. The molecule has 7 nitrogen and oxygen atoms in total. The van der Waals surface area contributed by atoms with E-state index in [1.165, 1.54) is 19.2 Å². The molecule has 1 fully saturated rings. The van der Waals surface area contributed by atoms with Crippen molar-refractivity contribution in [1.82, 2.24) is 25.1 Å². The van der Waals surface area contributed by atoms with Crippen molar-refractivity contribution in [2.45, 2.75) is 51.4 Å². The largest absolute Gasteiger partial charge is 0.418 e. The summed E-state index contributed by atoms with van der Waals surface area (Å²) in [7, 11) is 1.90. The molecule has 0 aliphatic heterocycles. The quantitative estimate of drug-likeness (QED) is 0.507. The van der Waals surface area contributed by atoms with Crippen molar-refractivity contribution in [2.75, 3.05) is 5.32 Å². The van der Waals surface area contributed by atoms with E-state index >= 15 is 0 Å². The van der Waals surface area contributed by atoms with Gasteiger partial charge in [0.2, 0.25) is 5.91 Å². The Kier molecular flexibility index (Phi) is 6.85. The van der Waals surface area contributed by atoms with Crippen LogP contribution in [0.2, 0.25) is 0 Å². The minimum Gasteiger partial charge on any atom is -0.379 e. The van der Waals surface area contributed by atoms with Gasteiger partial charge in [0.1, 0.15) is 12.2 Å². The Hall–Kier alpha value is -3.43. The van der Waals surface area contributed by atoms with Gasteiger partial charge in [-0.2, -0.15) is 13.2 Å². The number of benzene rings is 1. The molecule has 34 heavy (non-hydrogen) atoms. The number of aromatic nitrogens is 4. The molecule has 1 aromatic carbocycles. The Balaban J connectivity index is 1.68. The highest BCUT2D eigenvalue weighted by Crippen LogP contribution is 2.43. The molecular formula is C24H27F3N6O. The summed E-state index contributed by atoms with van der Waals surface area (Å²) in [6, 6.07) is 8.13. The lowest BCUT2D eigenvalue weighted by molar-refractivity contribution is -0.138. The van der Waals surface area contributed by atoms with Crippen LogP contribution in [0, 0.1) is 5.92 Å². The molecule has 2 heterocycles. The SMILES string of the molecule is CC(=O)NCc1cc(NCc2ncccc2C(F)(F)F)cc(C(c2nncn2C)C2CCC2)c1. The highest BCUT2D eigenvalue weighted by molar-refractivity contribution is 5.72. The standard InChI is InChI=1S/C24H27F3N6O/c1-15(34)29-12-16-9-18(22(17-5-3-6-17)23-32-31-14-33(23)2)11-19(10-16)30-13-21-20(24(25,26)27)7-4-8-28-21/h4,7-11,14,17,22,30H,3,5-6,12-13H2,1-2H3,(H,29,34). The Morgan fingerprint density at radius 3 is 2.65 bits per heavy atom. The molecule has 0 radical (unpaired) electrons. The lowest BCUT2D eigenvalue weighted by atomic mass is 9.72. The fourth-order valence-corrected chi connectivity index (χ4v) is 4.33. The first-order chi connectivity index (χ1) is 16.2. The van der Waals surface area contributed by atoms with Crippen LogP contribution in [0.1, 0.15) is 60.3 Å². The van der Waals surface area contributed by atoms with E-state index in [1.54, 1.807) is 6.33 Å². The Bertz CT molecular complexity index is 1160. The number of carbonyl (C=O) groups is 1. The van der Waals surface area contributed by atoms with Crippen LogP contribution < -0.4 is 10.6 Å². The molecule has 1 amide bonds. The second-order valence-electron chi connectivity index (χ2n) is 8.69. The number of carbonyl (C=O) groups excluding carboxylic acids is 1. The second-order valence-corrected chi connectivity index (χ2v) is 8.69. The first-order valence-corrected chi connectivity index (χ1v) is 11.2. The maximum Gasteiger partial charge on any atom is 0.418 e. The molecule has 4 rings (SSSR count). The lowest BCUT2D eigenvalue weighted by Crippen LogP contribution is -2.24. The van der Waals surface area contributed by atoms with Crippen LogP contribution in [0.5, 0.6) is 0 Å². The molecule has 1 atom stereocenters. The van der Waals surface area contributed by atoms with Gasteiger partial charge in [0.05, 0.1) is 17.8 Å². The van der Waals surface area contributed by atoms with Gasteiger partial charge in [0.25, 0.3) is 0 Å². The van der Waals surface area contributed by atoms with Crippen molar-refractivity contribution in [3.05, 3.63) is 71.1 Å². The van der Waals surface area contributed by atoms with Crippen molar-refractivity contribution in [2.24, 2.45) is 13.0 Å². The molecule has 1 unspecified atom stereocenters. The van der Waals surface area contributed by atoms with E-state index in [2.05, 4.69) is 25.8 Å². The van der Waals surface area contributed by atoms with Gasteiger partial charge in [-0.3, -0.25) is 9.78 Å². The number of halogens is 3. The molecule has 1 saturated carbocycles. The lowest BCUT2D eigenvalue weighted by Gasteiger charge is -2.34. The highest BCUT2D eigenvalue weighted by Gasteiger charge is 2.34. The topological polar surface area (TPSA) is 84.7 Å². The van der Waals surface area contributed by atoms with E-state index in [-0.39, 0.29) is 24.1 Å². The summed E-state index contributed by atoms with van der Waals surface area (Å²) in [5.41, 5.74) is 1.65. The monoisotopic (exact) mass is 472 g/mol. The summed E-state index contributed by atoms with van der Waals surface area (Å²) < 4.78 is 42.1. The summed E-state index contributed by atoms with van der Waals surface area (Å²) in [6.45, 7) is 1.67. The zero-order valence-corrected chi connectivity index (χ0v) is 19.1. The number of pyridine rings is 1. The third-order valence-corrected chi connectivity index (χ3v) is 6.22. The maximum atomic E-state index is 13.4. The molecule has 180 valence electrons. The number of hydrogen-bond donors (Lipinski definition) is 2. The molecule has 2 N–H and O–H groups in total. The van der Waals surface area contributed by atoms with E-state index in [0.29, 0.717) is 18.2 Å². The second kappa shape index (κ2) is 9.82. The zero-order valence-electron chi connectivity index (χ0n) is 19.1. The molecular weight excluding hydrogens is 445 g/mol. The van der Waals surface area contributed by atoms with Crippen LogP contribution in [-0.4, -0.2) is 25.7 Å². The predicted octanol–water partition coefficient (Wildman–Crippen LogP) is 4.41. The molecule has 10 heteroatoms. The van der Waals surface area contributed by atoms with Gasteiger partial charge >= 0.3 is 6.18 Å². The van der Waals surface area contributed by atoms with E-state index in [4.69, 9.17) is 0 Å². The van der Waals surface area contributed by atoms with E-state index in [0.717, 1.165) is 42.3 Å². The van der Waals surface area contributed by atoms with Crippen molar-refractivity contribution >= 4 is 11.6 Å². The van der Waals surface area contributed by atoms with Crippen LogP contribution in [0.25, 0.3) is 0 Å². The molecule has 0 bridgehead atoms. The third-order valence-electron chi connectivity index (χ3n) is 6.22. The summed E-state index contributed by atoms with van der Waals surface area (Å²) in [5.74, 6) is 1.09. The van der Waals surface area contributed by atoms with Crippen molar-refractivity contribution < 1.29 is 18.0 Å². The zero-order chi connectivity index (χ0) is 24.3. The van der Waals surface area contributed by atoms with Gasteiger partial charge in [-0.15, -0.1) is 10.2 Å². The van der Waals surface area contributed by atoms with Gasteiger partial charge < -0.3 is 15.2 Å². The number of rotatable bonds is 8. The predicted molar refractivity (Wildman–Crippen MR) is 121 cm³/mol. The first-order valence-electron chi connectivity index (χ1n) is 11.2. The molecule has 3 aromatic rings. The first kappa shape index (κ1) is 23.7. The number of amides is 1. The normalized spacial score (nSPS) is 15.0. The molecule has 1 aliphatic rings. The van der Waals surface area contributed by atoms with Crippen LogP contribution >= 0.6 is 0 Å². The van der Waals surface area contributed by atoms with Crippen molar-refractivity contribution in [3.8, 4) is 0 Å². The van der Waals surface area contributed by atoms with Gasteiger partial charge in [-0.05, 0) is 54.2 Å². The number of nitrogens with one attached hydrogen (secondary N) is 2. The van der Waals surface area contributed by atoms with Crippen LogP contribution in [-0.2, 0) is 31.1 Å². The number of hydrogen-bond acceptors (Lipinski definition) is 5. The number of alkyl halides is 3. The fourth-order valence-electron chi connectivity index (χ4n) is 4.33. The van der Waals surface area contributed by atoms with E-state index in [9.17, 15) is 18.0 Å². The maximum absolute atomic E-state index is 13.4. The van der Waals surface area contributed by atoms with Gasteiger partial charge in [-0.25, -0.2) is 0 Å². The van der Waals surface area contributed by atoms with Crippen molar-refractivity contribution in [1.29, 1.82) is 0 Å². The number of aryl methyl sites for hydroxylation is 1. The average Bonchev–Trinajstić information content (AvgIpc) is 3.18. The summed E-state index contributed by atoms with van der Waals surface area (Å²) in [4.78, 5) is 15.4. The van der Waals surface area contributed by atoms with E-state index < -0.39 is 11.7 Å². The summed E-state index contributed by atoms with van der Waals surface area (Å²) >= 11 is 0. The number of nitrogens with zero attached hydrogens (tertiary/aromatic N) is 4. The minimum absolute atomic E-state index is 0.000311. The number of anilines is 1. The van der Waals surface area contributed by atoms with Gasteiger partial charge in [-0.1, -0.05) is 12.5 Å². The van der Waals surface area contributed by atoms with Crippen LogP contribution in [0.4, 0.5) is 18.9 Å². The molecule has 0 spiro atoms. The van der Waals surface area contributed by atoms with Crippen LogP contribution in [0.15, 0.2) is 42.9 Å². The third kappa shape index (κ3) is 5.37. The fraction of sp³-hybridized carbons (Fsp3) is 0.417. The summed E-state index contributed by atoms with van der Waals surface area (Å²) in [5, 5.41) is 14.3. The Labute approximate surface area is 195 Å². The van der Waals surface area contributed by atoms with E-state index in [1.807, 2.05) is 29.8 Å². The minimum atomic E-state index is -4.48. The van der Waals surface area contributed by atoms with Gasteiger partial charge in [0.15, 0.2) is 0 Å². The van der Waals surface area contributed by atoms with Gasteiger partial charge in [0, 0.05) is 38.3 Å². The summed E-state index contributed by atoms with van der Waals surface area (Å²) in [6.07, 6.45) is 1.82. The Morgan fingerprint density at radius 2 is 2.03 bits per heavy atom. The smallest absolute Gasteiger partial charge is 0.379 e.